The summed E-state index contributed by atoms with van der Waals surface area (Å²) < 4.78 is 16.5. The molecular formula is C25H37N7O4. The summed E-state index contributed by atoms with van der Waals surface area (Å²) in [5.41, 5.74) is 1.10. The van der Waals surface area contributed by atoms with Crippen molar-refractivity contribution in [3.05, 3.63) is 23.9 Å². The van der Waals surface area contributed by atoms with Crippen LogP contribution < -0.4 is 20.3 Å². The Balaban J connectivity index is 1.59. The minimum atomic E-state index is -0.526. The summed E-state index contributed by atoms with van der Waals surface area (Å²) in [6.07, 6.45) is 3.20. The number of carbonyl (C=O) groups is 1. The maximum Gasteiger partial charge on any atom is 0.410 e. The van der Waals surface area contributed by atoms with Gasteiger partial charge in [-0.2, -0.15) is 9.97 Å². The Labute approximate surface area is 212 Å². The van der Waals surface area contributed by atoms with Crippen LogP contribution in [0.3, 0.4) is 0 Å². The van der Waals surface area contributed by atoms with E-state index in [-0.39, 0.29) is 12.1 Å². The summed E-state index contributed by atoms with van der Waals surface area (Å²) in [5, 5.41) is 6.85. The van der Waals surface area contributed by atoms with Gasteiger partial charge in [0.2, 0.25) is 11.8 Å². The van der Waals surface area contributed by atoms with Gasteiger partial charge in [-0.25, -0.2) is 9.78 Å². The van der Waals surface area contributed by atoms with Gasteiger partial charge in [-0.15, -0.1) is 0 Å². The van der Waals surface area contributed by atoms with Crippen molar-refractivity contribution in [1.29, 1.82) is 0 Å². The fourth-order valence-electron chi connectivity index (χ4n) is 4.33. The van der Waals surface area contributed by atoms with Crippen molar-refractivity contribution in [2.24, 2.45) is 0 Å². The molecule has 4 rings (SSSR count). The quantitative estimate of drug-likeness (QED) is 0.611. The molecule has 2 aromatic rings. The molecule has 2 aromatic heterocycles. The molecule has 0 radical (unpaired) electrons. The number of carbonyl (C=O) groups excluding carboxylic acids is 1. The number of nitrogens with one attached hydrogen (secondary N) is 2. The van der Waals surface area contributed by atoms with Crippen molar-refractivity contribution >= 4 is 29.4 Å². The van der Waals surface area contributed by atoms with Gasteiger partial charge in [-0.05, 0) is 52.7 Å². The van der Waals surface area contributed by atoms with Gasteiger partial charge in [0.1, 0.15) is 22.9 Å². The van der Waals surface area contributed by atoms with Gasteiger partial charge >= 0.3 is 6.09 Å². The maximum atomic E-state index is 12.7. The van der Waals surface area contributed by atoms with Crippen molar-refractivity contribution in [2.45, 2.75) is 52.2 Å². The van der Waals surface area contributed by atoms with Crippen molar-refractivity contribution in [3.63, 3.8) is 0 Å². The van der Waals surface area contributed by atoms with Crippen molar-refractivity contribution in [1.82, 2.24) is 19.9 Å². The molecular weight excluding hydrogens is 462 g/mol. The lowest BCUT2D eigenvalue weighted by Crippen LogP contribution is -2.47. The first kappa shape index (κ1) is 25.7. The van der Waals surface area contributed by atoms with Crippen LogP contribution in [0.2, 0.25) is 0 Å². The highest BCUT2D eigenvalue weighted by Crippen LogP contribution is 2.30. The Hall–Kier alpha value is -3.34. The number of morpholine rings is 1. The number of methoxy groups -OCH3 is 1. The van der Waals surface area contributed by atoms with Crippen LogP contribution in [0.1, 0.15) is 39.2 Å². The first-order chi connectivity index (χ1) is 17.2. The van der Waals surface area contributed by atoms with E-state index in [1.807, 2.05) is 39.8 Å². The Morgan fingerprint density at radius 2 is 1.97 bits per heavy atom. The lowest BCUT2D eigenvalue weighted by Gasteiger charge is -2.35. The number of likely N-dealkylation sites (tertiary alicyclic amines) is 1. The minimum Gasteiger partial charge on any atom is -0.480 e. The Morgan fingerprint density at radius 3 is 2.69 bits per heavy atom. The molecule has 0 aliphatic carbocycles. The number of ether oxygens (including phenoxy) is 3. The highest BCUT2D eigenvalue weighted by molar-refractivity contribution is 5.69. The zero-order chi connectivity index (χ0) is 25.7. The predicted octanol–water partition coefficient (Wildman–Crippen LogP) is 3.58. The summed E-state index contributed by atoms with van der Waals surface area (Å²) >= 11 is 0. The number of aromatic nitrogens is 3. The van der Waals surface area contributed by atoms with Crippen LogP contribution in [0, 0.1) is 6.92 Å². The predicted molar refractivity (Wildman–Crippen MR) is 138 cm³/mol. The van der Waals surface area contributed by atoms with Crippen LogP contribution in [0.25, 0.3) is 0 Å². The van der Waals surface area contributed by atoms with E-state index in [4.69, 9.17) is 24.2 Å². The molecule has 2 fully saturated rings. The number of anilines is 4. The molecule has 11 nitrogen and oxygen atoms in total. The fourth-order valence-corrected chi connectivity index (χ4v) is 4.33. The highest BCUT2D eigenvalue weighted by Gasteiger charge is 2.29. The normalized spacial score (nSPS) is 18.5. The van der Waals surface area contributed by atoms with Gasteiger partial charge in [0.15, 0.2) is 0 Å². The topological polar surface area (TPSA) is 114 Å². The zero-order valence-corrected chi connectivity index (χ0v) is 21.8. The van der Waals surface area contributed by atoms with E-state index < -0.39 is 5.60 Å². The van der Waals surface area contributed by atoms with Crippen molar-refractivity contribution < 1.29 is 19.0 Å². The molecule has 2 N–H and O–H groups in total. The summed E-state index contributed by atoms with van der Waals surface area (Å²) in [7, 11) is 1.58. The highest BCUT2D eigenvalue weighted by atomic mass is 16.6. The third-order valence-electron chi connectivity index (χ3n) is 6.06. The standard InChI is InChI=1S/C25H37N7O4/c1-17-20(27-18-8-7-11-32(16-18)24(33)36-25(2,3)4)29-23(28-19-9-6-10-26-22(19)34-5)30-21(17)31-12-14-35-15-13-31/h6,9-10,18H,7-8,11-16H2,1-5H3,(H2,27,28,29,30)/t18-/m1/s1. The van der Waals surface area contributed by atoms with E-state index in [1.54, 1.807) is 18.2 Å². The Kier molecular flexibility index (Phi) is 7.97. The monoisotopic (exact) mass is 499 g/mol. The average Bonchev–Trinajstić information content (AvgIpc) is 2.86. The largest absolute Gasteiger partial charge is 0.480 e. The second kappa shape index (κ2) is 11.2. The molecule has 0 spiro atoms. The zero-order valence-electron chi connectivity index (χ0n) is 21.8. The molecule has 1 atom stereocenters. The van der Waals surface area contributed by atoms with Gasteiger partial charge in [0.25, 0.3) is 0 Å². The molecule has 0 saturated carbocycles. The average molecular weight is 500 g/mol. The van der Waals surface area contributed by atoms with Gasteiger partial charge in [-0.3, -0.25) is 0 Å². The number of piperidine rings is 1. The van der Waals surface area contributed by atoms with Crippen LogP contribution >= 0.6 is 0 Å². The number of hydrogen-bond donors (Lipinski definition) is 2. The van der Waals surface area contributed by atoms with Crippen LogP contribution in [-0.4, -0.2) is 84.1 Å². The van der Waals surface area contributed by atoms with Crippen LogP contribution in [0.5, 0.6) is 5.88 Å². The summed E-state index contributed by atoms with van der Waals surface area (Å²) in [6.45, 7) is 11.7. The molecule has 196 valence electrons. The molecule has 1 amide bonds. The SMILES string of the molecule is COc1ncccc1Nc1nc(N[C@@H]2CCCN(C(=O)OC(C)(C)C)C2)c(C)c(N2CCOCC2)n1. The summed E-state index contributed by atoms with van der Waals surface area (Å²) in [4.78, 5) is 30.6. The third kappa shape index (κ3) is 6.45. The smallest absolute Gasteiger partial charge is 0.410 e. The van der Waals surface area contributed by atoms with E-state index in [2.05, 4.69) is 20.5 Å². The second-order valence-corrected chi connectivity index (χ2v) is 10.0. The molecule has 2 saturated heterocycles. The van der Waals surface area contributed by atoms with E-state index in [0.29, 0.717) is 43.8 Å². The number of rotatable bonds is 6. The van der Waals surface area contributed by atoms with Gasteiger partial charge in [-0.1, -0.05) is 0 Å². The molecule has 2 aliphatic rings. The minimum absolute atomic E-state index is 0.0400. The van der Waals surface area contributed by atoms with Crippen LogP contribution in [0.4, 0.5) is 28.1 Å². The number of amides is 1. The van der Waals surface area contributed by atoms with E-state index in [9.17, 15) is 4.79 Å². The lowest BCUT2D eigenvalue weighted by molar-refractivity contribution is 0.0206. The first-order valence-electron chi connectivity index (χ1n) is 12.5. The number of hydrogen-bond acceptors (Lipinski definition) is 10. The Bertz CT molecular complexity index is 1050. The van der Waals surface area contributed by atoms with E-state index in [1.165, 1.54) is 0 Å². The third-order valence-corrected chi connectivity index (χ3v) is 6.06. The van der Waals surface area contributed by atoms with Gasteiger partial charge in [0.05, 0.1) is 20.3 Å². The van der Waals surface area contributed by atoms with Crippen LogP contribution in [0.15, 0.2) is 18.3 Å². The lowest BCUT2D eigenvalue weighted by atomic mass is 10.1. The molecule has 4 heterocycles. The number of nitrogens with zero attached hydrogens (tertiary/aromatic N) is 5. The fraction of sp³-hybridized carbons (Fsp3) is 0.600. The summed E-state index contributed by atoms with van der Waals surface area (Å²) in [5.74, 6) is 2.48. The van der Waals surface area contributed by atoms with Crippen molar-refractivity contribution in [3.8, 4) is 5.88 Å². The van der Waals surface area contributed by atoms with Crippen LogP contribution in [-0.2, 0) is 9.47 Å². The first-order valence-corrected chi connectivity index (χ1v) is 12.5. The van der Waals surface area contributed by atoms with E-state index in [0.717, 1.165) is 43.1 Å². The molecule has 2 aliphatic heterocycles. The van der Waals surface area contributed by atoms with Gasteiger partial charge in [0, 0.05) is 44.0 Å². The molecule has 0 aromatic carbocycles. The van der Waals surface area contributed by atoms with Gasteiger partial charge < -0.3 is 34.6 Å². The van der Waals surface area contributed by atoms with E-state index >= 15 is 0 Å². The summed E-state index contributed by atoms with van der Waals surface area (Å²) in [6, 6.07) is 3.74. The molecule has 0 unspecified atom stereocenters. The molecule has 36 heavy (non-hydrogen) atoms. The molecule has 11 heteroatoms. The second-order valence-electron chi connectivity index (χ2n) is 10.0. The maximum absolute atomic E-state index is 12.7. The Morgan fingerprint density at radius 1 is 1.19 bits per heavy atom. The molecule has 0 bridgehead atoms. The van der Waals surface area contributed by atoms with Crippen molar-refractivity contribution in [2.75, 3.05) is 62.0 Å². The number of pyridine rings is 1.